The number of anilines is 2. The maximum absolute atomic E-state index is 12.2. The summed E-state index contributed by atoms with van der Waals surface area (Å²) in [6, 6.07) is 14.7. The van der Waals surface area contributed by atoms with Crippen molar-refractivity contribution in [2.24, 2.45) is 0 Å². The van der Waals surface area contributed by atoms with E-state index in [4.69, 9.17) is 4.74 Å². The van der Waals surface area contributed by atoms with E-state index in [1.807, 2.05) is 43.3 Å². The lowest BCUT2D eigenvalue weighted by molar-refractivity contribution is -0.123. The van der Waals surface area contributed by atoms with Crippen molar-refractivity contribution in [1.82, 2.24) is 0 Å². The first-order chi connectivity index (χ1) is 10.6. The second kappa shape index (κ2) is 5.89. The zero-order valence-corrected chi connectivity index (χ0v) is 12.2. The summed E-state index contributed by atoms with van der Waals surface area (Å²) in [5.41, 5.74) is 2.46. The largest absolute Gasteiger partial charge is 0.482 e. The molecule has 5 heteroatoms. The van der Waals surface area contributed by atoms with Gasteiger partial charge in [0, 0.05) is 5.69 Å². The fourth-order valence-electron chi connectivity index (χ4n) is 2.31. The lowest BCUT2D eigenvalue weighted by Crippen LogP contribution is -2.43. The smallest absolute Gasteiger partial charge is 0.265 e. The summed E-state index contributed by atoms with van der Waals surface area (Å²) < 4.78 is 5.36. The second-order valence-electron chi connectivity index (χ2n) is 5.15. The van der Waals surface area contributed by atoms with Gasteiger partial charge in [-0.2, -0.15) is 0 Å². The second-order valence-corrected chi connectivity index (χ2v) is 5.15. The normalized spacial score (nSPS) is 13.3. The van der Waals surface area contributed by atoms with Gasteiger partial charge in [0.15, 0.2) is 6.61 Å². The number of carbonyl (C=O) groups excluding carboxylic acids is 2. The quantitative estimate of drug-likeness (QED) is 0.946. The first-order valence-corrected chi connectivity index (χ1v) is 7.02. The summed E-state index contributed by atoms with van der Waals surface area (Å²) in [6.45, 7) is 1.90. The van der Waals surface area contributed by atoms with E-state index in [0.717, 1.165) is 5.56 Å². The van der Waals surface area contributed by atoms with Gasteiger partial charge in [0.2, 0.25) is 5.91 Å². The van der Waals surface area contributed by atoms with Crippen LogP contribution >= 0.6 is 0 Å². The number of ether oxygens (including phenoxy) is 1. The van der Waals surface area contributed by atoms with Crippen LogP contribution in [0.4, 0.5) is 11.4 Å². The predicted octanol–water partition coefficient (Wildman–Crippen LogP) is 2.36. The zero-order chi connectivity index (χ0) is 15.5. The highest BCUT2D eigenvalue weighted by atomic mass is 16.5. The highest BCUT2D eigenvalue weighted by Gasteiger charge is 2.26. The molecule has 22 heavy (non-hydrogen) atoms. The number of nitrogens with one attached hydrogen (secondary N) is 1. The van der Waals surface area contributed by atoms with E-state index in [9.17, 15) is 9.59 Å². The fraction of sp³-hybridized carbons (Fsp3) is 0.176. The van der Waals surface area contributed by atoms with Crippen LogP contribution in [-0.2, 0) is 9.59 Å². The Morgan fingerprint density at radius 1 is 1.18 bits per heavy atom. The van der Waals surface area contributed by atoms with Gasteiger partial charge in [-0.1, -0.05) is 29.8 Å². The molecule has 0 aromatic heterocycles. The van der Waals surface area contributed by atoms with Crippen molar-refractivity contribution in [3.8, 4) is 5.75 Å². The van der Waals surface area contributed by atoms with Gasteiger partial charge in [-0.25, -0.2) is 0 Å². The van der Waals surface area contributed by atoms with Crippen LogP contribution in [0.15, 0.2) is 48.5 Å². The molecule has 1 aliphatic heterocycles. The number of para-hydroxylation sites is 2. The average molecular weight is 296 g/mol. The molecule has 112 valence electrons. The van der Waals surface area contributed by atoms with Crippen molar-refractivity contribution in [2.75, 3.05) is 23.4 Å². The molecule has 1 N–H and O–H groups in total. The number of nitrogens with zero attached hydrogens (tertiary/aromatic N) is 1. The van der Waals surface area contributed by atoms with Gasteiger partial charge >= 0.3 is 0 Å². The fourth-order valence-corrected chi connectivity index (χ4v) is 2.31. The molecule has 1 aliphatic rings. The zero-order valence-electron chi connectivity index (χ0n) is 12.2. The molecule has 0 saturated heterocycles. The third-order valence-electron chi connectivity index (χ3n) is 3.45. The summed E-state index contributed by atoms with van der Waals surface area (Å²) in [7, 11) is 0. The average Bonchev–Trinajstić information content (AvgIpc) is 2.52. The Kier molecular flexibility index (Phi) is 3.78. The molecule has 0 saturated carbocycles. The molecular weight excluding hydrogens is 280 g/mol. The number of aryl methyl sites for hydroxylation is 1. The molecule has 0 atom stereocenters. The summed E-state index contributed by atoms with van der Waals surface area (Å²) in [5.74, 6) is 0.150. The minimum absolute atomic E-state index is 0.0346. The highest BCUT2D eigenvalue weighted by Crippen LogP contribution is 2.31. The standard InChI is InChI=1S/C17H16N2O3/c1-12-6-8-13(9-7-12)18-16(20)10-19-14-4-2-3-5-15(14)22-11-17(19)21/h2-9H,10-11H2,1H3,(H,18,20). The Morgan fingerprint density at radius 3 is 2.68 bits per heavy atom. The summed E-state index contributed by atoms with van der Waals surface area (Å²) >= 11 is 0. The van der Waals surface area contributed by atoms with E-state index in [1.54, 1.807) is 12.1 Å². The minimum Gasteiger partial charge on any atom is -0.482 e. The lowest BCUT2D eigenvalue weighted by atomic mass is 10.2. The van der Waals surface area contributed by atoms with Crippen molar-refractivity contribution in [1.29, 1.82) is 0 Å². The molecule has 3 rings (SSSR count). The molecule has 0 radical (unpaired) electrons. The summed E-state index contributed by atoms with van der Waals surface area (Å²) in [4.78, 5) is 25.6. The van der Waals surface area contributed by atoms with Crippen LogP contribution < -0.4 is 15.0 Å². The molecule has 0 bridgehead atoms. The van der Waals surface area contributed by atoms with Crippen molar-refractivity contribution in [2.45, 2.75) is 6.92 Å². The van der Waals surface area contributed by atoms with Gasteiger partial charge in [-0.3, -0.25) is 14.5 Å². The van der Waals surface area contributed by atoms with Gasteiger partial charge in [0.1, 0.15) is 12.3 Å². The third kappa shape index (κ3) is 2.93. The predicted molar refractivity (Wildman–Crippen MR) is 84.1 cm³/mol. The summed E-state index contributed by atoms with van der Waals surface area (Å²) in [5, 5.41) is 2.79. The Morgan fingerprint density at radius 2 is 1.91 bits per heavy atom. The maximum atomic E-state index is 12.2. The van der Waals surface area contributed by atoms with Gasteiger partial charge in [-0.15, -0.1) is 0 Å². The third-order valence-corrected chi connectivity index (χ3v) is 3.45. The van der Waals surface area contributed by atoms with Crippen molar-refractivity contribution in [3.63, 3.8) is 0 Å². The topological polar surface area (TPSA) is 58.6 Å². The van der Waals surface area contributed by atoms with E-state index in [2.05, 4.69) is 5.32 Å². The molecule has 2 aromatic rings. The summed E-state index contributed by atoms with van der Waals surface area (Å²) in [6.07, 6.45) is 0. The first kappa shape index (κ1) is 14.1. The Bertz CT molecular complexity index is 710. The monoisotopic (exact) mass is 296 g/mol. The Hall–Kier alpha value is -2.82. The number of hydrogen-bond acceptors (Lipinski definition) is 3. The Balaban J connectivity index is 1.73. The van der Waals surface area contributed by atoms with Crippen LogP contribution in [0.25, 0.3) is 0 Å². The van der Waals surface area contributed by atoms with E-state index >= 15 is 0 Å². The molecule has 0 aliphatic carbocycles. The van der Waals surface area contributed by atoms with Gasteiger partial charge in [-0.05, 0) is 31.2 Å². The van der Waals surface area contributed by atoms with Crippen LogP contribution in [0.1, 0.15) is 5.56 Å². The number of carbonyl (C=O) groups is 2. The number of rotatable bonds is 3. The van der Waals surface area contributed by atoms with E-state index in [1.165, 1.54) is 4.90 Å². The van der Waals surface area contributed by atoms with Crippen LogP contribution in [0.5, 0.6) is 5.75 Å². The van der Waals surface area contributed by atoms with Gasteiger partial charge in [0.25, 0.3) is 5.91 Å². The highest BCUT2D eigenvalue weighted by molar-refractivity contribution is 6.04. The molecule has 0 fully saturated rings. The lowest BCUT2D eigenvalue weighted by Gasteiger charge is -2.28. The molecule has 2 amide bonds. The van der Waals surface area contributed by atoms with Crippen molar-refractivity contribution < 1.29 is 14.3 Å². The SMILES string of the molecule is Cc1ccc(NC(=O)CN2C(=O)COc3ccccc32)cc1. The molecule has 2 aromatic carbocycles. The van der Waals surface area contributed by atoms with Crippen LogP contribution in [-0.4, -0.2) is 25.0 Å². The number of benzene rings is 2. The molecular formula is C17H16N2O3. The van der Waals surface area contributed by atoms with Crippen LogP contribution in [0.3, 0.4) is 0 Å². The first-order valence-electron chi connectivity index (χ1n) is 7.02. The van der Waals surface area contributed by atoms with Crippen molar-refractivity contribution >= 4 is 23.2 Å². The molecule has 1 heterocycles. The van der Waals surface area contributed by atoms with Crippen LogP contribution in [0, 0.1) is 6.92 Å². The number of amides is 2. The minimum atomic E-state index is -0.242. The Labute approximate surface area is 128 Å². The number of fused-ring (bicyclic) bond motifs is 1. The van der Waals surface area contributed by atoms with E-state index < -0.39 is 0 Å². The van der Waals surface area contributed by atoms with Gasteiger partial charge in [0.05, 0.1) is 5.69 Å². The van der Waals surface area contributed by atoms with E-state index in [-0.39, 0.29) is 25.0 Å². The van der Waals surface area contributed by atoms with Crippen molar-refractivity contribution in [3.05, 3.63) is 54.1 Å². The maximum Gasteiger partial charge on any atom is 0.265 e. The molecule has 0 spiro atoms. The molecule has 0 unspecified atom stereocenters. The van der Waals surface area contributed by atoms with E-state index in [0.29, 0.717) is 17.1 Å². The van der Waals surface area contributed by atoms with Crippen LogP contribution in [0.2, 0.25) is 0 Å². The molecule has 5 nitrogen and oxygen atoms in total. The number of hydrogen-bond donors (Lipinski definition) is 1. The van der Waals surface area contributed by atoms with Gasteiger partial charge < -0.3 is 10.1 Å².